The maximum Gasteiger partial charge on any atom is 0.246 e. The Morgan fingerprint density at radius 1 is 1.18 bits per heavy atom. The lowest BCUT2D eigenvalue weighted by atomic mass is 10.1. The molecule has 1 saturated heterocycles. The predicted molar refractivity (Wildman–Crippen MR) is 88.1 cm³/mol. The molecule has 1 aliphatic rings. The zero-order valence-electron chi connectivity index (χ0n) is 12.9. The summed E-state index contributed by atoms with van der Waals surface area (Å²) in [5.41, 5.74) is 0. The van der Waals surface area contributed by atoms with Crippen LogP contribution in [0, 0.1) is 0 Å². The lowest BCUT2D eigenvalue weighted by Gasteiger charge is -2.31. The van der Waals surface area contributed by atoms with Gasteiger partial charge in [0, 0.05) is 25.2 Å². The monoisotopic (exact) mass is 392 g/mol. The Morgan fingerprint density at radius 2 is 1.77 bits per heavy atom. The molecule has 0 saturated carbocycles. The van der Waals surface area contributed by atoms with E-state index in [9.17, 15) is 8.42 Å². The summed E-state index contributed by atoms with van der Waals surface area (Å²) >= 11 is 3.34. The first-order valence-electron chi connectivity index (χ1n) is 7.03. The highest BCUT2D eigenvalue weighted by molar-refractivity contribution is 9.10. The second-order valence-corrected chi connectivity index (χ2v) is 7.87. The average molecular weight is 393 g/mol. The van der Waals surface area contributed by atoms with E-state index in [0.717, 1.165) is 12.8 Å². The van der Waals surface area contributed by atoms with Crippen LogP contribution < -0.4 is 14.8 Å². The van der Waals surface area contributed by atoms with Crippen molar-refractivity contribution in [1.29, 1.82) is 0 Å². The zero-order valence-corrected chi connectivity index (χ0v) is 15.3. The third-order valence-corrected chi connectivity index (χ3v) is 6.46. The van der Waals surface area contributed by atoms with E-state index < -0.39 is 10.0 Å². The van der Waals surface area contributed by atoms with Crippen LogP contribution in [0.5, 0.6) is 11.5 Å². The van der Waals surface area contributed by atoms with Gasteiger partial charge in [-0.2, -0.15) is 4.31 Å². The van der Waals surface area contributed by atoms with Crippen molar-refractivity contribution in [2.75, 3.05) is 34.4 Å². The van der Waals surface area contributed by atoms with Crippen molar-refractivity contribution in [3.05, 3.63) is 16.6 Å². The molecular weight excluding hydrogens is 372 g/mol. The molecule has 1 aliphatic heterocycles. The van der Waals surface area contributed by atoms with Crippen LogP contribution in [0.1, 0.15) is 12.8 Å². The third kappa shape index (κ3) is 3.40. The zero-order chi connectivity index (χ0) is 16.3. The number of nitrogens with zero attached hydrogens (tertiary/aromatic N) is 1. The van der Waals surface area contributed by atoms with Gasteiger partial charge < -0.3 is 14.8 Å². The van der Waals surface area contributed by atoms with E-state index in [4.69, 9.17) is 9.47 Å². The molecule has 6 nitrogen and oxygen atoms in total. The molecule has 0 spiro atoms. The Balaban J connectivity index is 2.37. The lowest BCUT2D eigenvalue weighted by Crippen LogP contribution is -2.43. The van der Waals surface area contributed by atoms with Gasteiger partial charge in [0.2, 0.25) is 10.0 Å². The summed E-state index contributed by atoms with van der Waals surface area (Å²) < 4.78 is 38.4. The number of nitrogens with one attached hydrogen (secondary N) is 1. The fraction of sp³-hybridized carbons (Fsp3) is 0.571. The van der Waals surface area contributed by atoms with Gasteiger partial charge in [0.1, 0.15) is 16.4 Å². The maximum atomic E-state index is 12.9. The van der Waals surface area contributed by atoms with E-state index in [1.807, 2.05) is 7.05 Å². The van der Waals surface area contributed by atoms with Gasteiger partial charge in [-0.25, -0.2) is 8.42 Å². The van der Waals surface area contributed by atoms with Crippen molar-refractivity contribution in [2.45, 2.75) is 23.8 Å². The molecule has 0 unspecified atom stereocenters. The first kappa shape index (κ1) is 17.5. The summed E-state index contributed by atoms with van der Waals surface area (Å²) in [6.07, 6.45) is 1.59. The molecular formula is C14H21BrN2O4S. The average Bonchev–Trinajstić information content (AvgIpc) is 2.54. The van der Waals surface area contributed by atoms with E-state index in [-0.39, 0.29) is 4.90 Å². The van der Waals surface area contributed by atoms with Crippen LogP contribution in [0.3, 0.4) is 0 Å². The maximum absolute atomic E-state index is 12.9. The van der Waals surface area contributed by atoms with E-state index in [1.54, 1.807) is 6.07 Å². The van der Waals surface area contributed by atoms with E-state index >= 15 is 0 Å². The number of hydrogen-bond acceptors (Lipinski definition) is 5. The largest absolute Gasteiger partial charge is 0.496 e. The predicted octanol–water partition coefficient (Wildman–Crippen LogP) is 1.84. The van der Waals surface area contributed by atoms with Gasteiger partial charge in [-0.05, 0) is 41.9 Å². The van der Waals surface area contributed by atoms with Crippen LogP contribution in [0.4, 0.5) is 0 Å². The number of piperidine rings is 1. The van der Waals surface area contributed by atoms with Gasteiger partial charge >= 0.3 is 0 Å². The fourth-order valence-corrected chi connectivity index (χ4v) is 4.66. The van der Waals surface area contributed by atoms with Crippen LogP contribution in [-0.4, -0.2) is 53.1 Å². The number of benzene rings is 1. The minimum Gasteiger partial charge on any atom is -0.496 e. The highest BCUT2D eigenvalue weighted by Crippen LogP contribution is 2.37. The number of hydrogen-bond donors (Lipinski definition) is 1. The van der Waals surface area contributed by atoms with Gasteiger partial charge in [-0.1, -0.05) is 0 Å². The number of sulfonamides is 1. The summed E-state index contributed by atoms with van der Waals surface area (Å²) in [6, 6.07) is 3.49. The molecule has 1 N–H and O–H groups in total. The molecule has 0 atom stereocenters. The van der Waals surface area contributed by atoms with Crippen molar-refractivity contribution in [2.24, 2.45) is 0 Å². The SMILES string of the molecule is CNC1CCN(S(=O)(=O)c2cc(OC)c(Br)cc2OC)CC1. The summed E-state index contributed by atoms with van der Waals surface area (Å²) in [4.78, 5) is 0.137. The van der Waals surface area contributed by atoms with Gasteiger partial charge in [0.25, 0.3) is 0 Å². The molecule has 1 heterocycles. The minimum absolute atomic E-state index is 0.137. The molecule has 124 valence electrons. The fourth-order valence-electron chi connectivity index (χ4n) is 2.56. The Kier molecular flexibility index (Phi) is 5.70. The molecule has 1 aromatic carbocycles. The second-order valence-electron chi connectivity index (χ2n) is 5.10. The standard InChI is InChI=1S/C14H21BrN2O4S/c1-16-10-4-6-17(7-5-10)22(18,19)14-9-12(20-2)11(15)8-13(14)21-3/h8-10,16H,4-7H2,1-3H3. The van der Waals surface area contributed by atoms with Gasteiger partial charge in [0.05, 0.1) is 18.7 Å². The minimum atomic E-state index is -3.61. The normalized spacial score (nSPS) is 17.5. The molecule has 0 bridgehead atoms. The van der Waals surface area contributed by atoms with E-state index in [2.05, 4.69) is 21.2 Å². The van der Waals surface area contributed by atoms with Crippen LogP contribution in [0.2, 0.25) is 0 Å². The van der Waals surface area contributed by atoms with Crippen molar-refractivity contribution in [3.63, 3.8) is 0 Å². The Hall–Kier alpha value is -0.830. The number of methoxy groups -OCH3 is 2. The quantitative estimate of drug-likeness (QED) is 0.827. The van der Waals surface area contributed by atoms with Gasteiger partial charge in [-0.3, -0.25) is 0 Å². The second kappa shape index (κ2) is 7.16. The van der Waals surface area contributed by atoms with Gasteiger partial charge in [0.15, 0.2) is 0 Å². The van der Waals surface area contributed by atoms with Crippen molar-refractivity contribution >= 4 is 26.0 Å². The number of ether oxygens (including phenoxy) is 2. The summed E-state index contributed by atoms with van der Waals surface area (Å²) in [7, 11) is 1.25. The van der Waals surface area contributed by atoms with Crippen molar-refractivity contribution in [3.8, 4) is 11.5 Å². The first-order chi connectivity index (χ1) is 10.4. The third-order valence-electron chi connectivity index (χ3n) is 3.92. The molecule has 1 aromatic rings. The summed E-state index contributed by atoms with van der Waals surface area (Å²) in [6.45, 7) is 0.991. The molecule has 8 heteroatoms. The molecule has 0 aliphatic carbocycles. The van der Waals surface area contributed by atoms with Gasteiger partial charge in [-0.15, -0.1) is 0 Å². The van der Waals surface area contributed by atoms with E-state index in [0.29, 0.717) is 35.1 Å². The molecule has 2 rings (SSSR count). The van der Waals surface area contributed by atoms with Crippen LogP contribution in [0.25, 0.3) is 0 Å². The smallest absolute Gasteiger partial charge is 0.246 e. The number of rotatable bonds is 5. The van der Waals surface area contributed by atoms with Crippen molar-refractivity contribution < 1.29 is 17.9 Å². The Morgan fingerprint density at radius 3 is 2.27 bits per heavy atom. The molecule has 0 radical (unpaired) electrons. The summed E-state index contributed by atoms with van der Waals surface area (Å²) in [5, 5.41) is 3.19. The van der Waals surface area contributed by atoms with Crippen LogP contribution in [0.15, 0.2) is 21.5 Å². The molecule has 22 heavy (non-hydrogen) atoms. The highest BCUT2D eigenvalue weighted by Gasteiger charge is 2.32. The van der Waals surface area contributed by atoms with E-state index in [1.165, 1.54) is 24.6 Å². The molecule has 1 fully saturated rings. The Bertz CT molecular complexity index is 628. The first-order valence-corrected chi connectivity index (χ1v) is 9.26. The number of halogens is 1. The highest BCUT2D eigenvalue weighted by atomic mass is 79.9. The van der Waals surface area contributed by atoms with Crippen molar-refractivity contribution in [1.82, 2.24) is 9.62 Å². The topological polar surface area (TPSA) is 67.9 Å². The van der Waals surface area contributed by atoms with Crippen LogP contribution >= 0.6 is 15.9 Å². The molecule has 0 aromatic heterocycles. The Labute approximate surface area is 140 Å². The summed E-state index contributed by atoms with van der Waals surface area (Å²) in [5.74, 6) is 0.771. The molecule has 0 amide bonds. The van der Waals surface area contributed by atoms with Crippen LogP contribution in [-0.2, 0) is 10.0 Å². The lowest BCUT2D eigenvalue weighted by molar-refractivity contribution is 0.297.